The number of aromatic amines is 1. The first-order chi connectivity index (χ1) is 20.6. The van der Waals surface area contributed by atoms with Gasteiger partial charge in [-0.2, -0.15) is 5.26 Å². The third-order valence-electron chi connectivity index (χ3n) is 7.93. The van der Waals surface area contributed by atoms with E-state index in [0.717, 1.165) is 68.8 Å². The molecule has 0 fully saturated rings. The van der Waals surface area contributed by atoms with Crippen molar-refractivity contribution in [2.24, 2.45) is 0 Å². The summed E-state index contributed by atoms with van der Waals surface area (Å²) in [5.74, 6) is -0.329. The number of hydrogen-bond acceptors (Lipinski definition) is 6. The lowest BCUT2D eigenvalue weighted by Gasteiger charge is -2.24. The van der Waals surface area contributed by atoms with E-state index in [0.29, 0.717) is 41.1 Å². The molecule has 7 aromatic rings. The number of hydrogen-bond donors (Lipinski definition) is 2. The third-order valence-corrected chi connectivity index (χ3v) is 7.93. The molecule has 0 bridgehead atoms. The molecule has 0 atom stereocenters. The number of carboxylic acids is 1. The highest BCUT2D eigenvalue weighted by Gasteiger charge is 2.24. The number of aliphatic carboxylic acids is 1. The number of nitrogens with zero attached hydrogens (tertiary/aromatic N) is 3. The van der Waals surface area contributed by atoms with Crippen molar-refractivity contribution in [3.63, 3.8) is 0 Å². The fourth-order valence-corrected chi connectivity index (χ4v) is 5.86. The van der Waals surface area contributed by atoms with Crippen LogP contribution in [0.1, 0.15) is 38.2 Å². The van der Waals surface area contributed by atoms with Crippen LogP contribution >= 0.6 is 0 Å². The Bertz CT molecular complexity index is 2160. The van der Waals surface area contributed by atoms with Gasteiger partial charge in [-0.15, -0.1) is 0 Å². The quantitative estimate of drug-likeness (QED) is 0.183. The summed E-state index contributed by atoms with van der Waals surface area (Å²) in [6.45, 7) is 3.65. The maximum atomic E-state index is 11.1. The predicted octanol–water partition coefficient (Wildman–Crippen LogP) is 8.37. The lowest BCUT2D eigenvalue weighted by atomic mass is 10.0. The number of aromatic nitrogens is 2. The predicted molar refractivity (Wildman–Crippen MR) is 165 cm³/mol. The molecule has 0 amide bonds. The van der Waals surface area contributed by atoms with Crippen LogP contribution in [-0.2, 0) is 4.79 Å². The van der Waals surface area contributed by atoms with Gasteiger partial charge >= 0.3 is 5.97 Å². The first-order valence-electron chi connectivity index (χ1n) is 14.2. The number of nitriles is 1. The summed E-state index contributed by atoms with van der Waals surface area (Å²) in [4.78, 5) is 21.9. The monoisotopic (exact) mass is 556 g/mol. The summed E-state index contributed by atoms with van der Waals surface area (Å²) >= 11 is 0. The van der Waals surface area contributed by atoms with Crippen molar-refractivity contribution in [1.29, 1.82) is 5.26 Å². The molecule has 7 rings (SSSR count). The van der Waals surface area contributed by atoms with E-state index in [-0.39, 0.29) is 6.42 Å². The van der Waals surface area contributed by atoms with E-state index in [4.69, 9.17) is 18.9 Å². The molecule has 0 radical (unpaired) electrons. The minimum atomic E-state index is -0.780. The number of carboxylic acid groups (broad SMARTS) is 1. The van der Waals surface area contributed by atoms with Gasteiger partial charge in [0, 0.05) is 63.9 Å². The fourth-order valence-electron chi connectivity index (χ4n) is 5.86. The Morgan fingerprint density at radius 2 is 1.79 bits per heavy atom. The molecule has 3 aromatic heterocycles. The van der Waals surface area contributed by atoms with Crippen LogP contribution in [0.3, 0.4) is 0 Å². The Balaban J connectivity index is 1.46. The van der Waals surface area contributed by atoms with Crippen LogP contribution in [0.25, 0.3) is 66.3 Å². The molecule has 0 spiro atoms. The first-order valence-corrected chi connectivity index (χ1v) is 14.2. The van der Waals surface area contributed by atoms with E-state index in [2.05, 4.69) is 53.2 Å². The van der Waals surface area contributed by atoms with Crippen molar-refractivity contribution in [1.82, 2.24) is 9.97 Å². The average Bonchev–Trinajstić information content (AvgIpc) is 3.71. The molecular formula is C34H28N4O4. The Morgan fingerprint density at radius 1 is 0.976 bits per heavy atom. The molecule has 4 aromatic carbocycles. The number of oxazole rings is 1. The van der Waals surface area contributed by atoms with E-state index >= 15 is 0 Å². The molecule has 208 valence electrons. The maximum Gasteiger partial charge on any atom is 0.303 e. The highest BCUT2D eigenvalue weighted by atomic mass is 16.4. The van der Waals surface area contributed by atoms with Crippen LogP contribution in [0.15, 0.2) is 75.6 Å². The van der Waals surface area contributed by atoms with Gasteiger partial charge < -0.3 is 23.8 Å². The second-order valence-electron chi connectivity index (χ2n) is 10.6. The van der Waals surface area contributed by atoms with Crippen molar-refractivity contribution < 1.29 is 18.7 Å². The summed E-state index contributed by atoms with van der Waals surface area (Å²) < 4.78 is 13.0. The summed E-state index contributed by atoms with van der Waals surface area (Å²) in [5, 5.41) is 22.4. The Morgan fingerprint density at radius 3 is 2.57 bits per heavy atom. The molecule has 0 aliphatic heterocycles. The van der Waals surface area contributed by atoms with Crippen LogP contribution < -0.4 is 4.90 Å². The van der Waals surface area contributed by atoms with E-state index in [1.54, 1.807) is 12.1 Å². The number of para-hydroxylation sites is 1. The topological polar surface area (TPSA) is 119 Å². The summed E-state index contributed by atoms with van der Waals surface area (Å²) in [6.07, 6.45) is 2.77. The zero-order valence-corrected chi connectivity index (χ0v) is 23.1. The minimum Gasteiger partial charge on any atom is -0.481 e. The van der Waals surface area contributed by atoms with Crippen LogP contribution in [0.2, 0.25) is 0 Å². The van der Waals surface area contributed by atoms with Crippen LogP contribution in [0.5, 0.6) is 0 Å². The molecule has 8 heteroatoms. The van der Waals surface area contributed by atoms with Crippen LogP contribution in [-0.4, -0.2) is 34.1 Å². The zero-order valence-electron chi connectivity index (χ0n) is 23.1. The lowest BCUT2D eigenvalue weighted by molar-refractivity contribution is -0.137. The fraction of sp³-hybridized carbons (Fsp3) is 0.206. The highest BCUT2D eigenvalue weighted by molar-refractivity contribution is 6.34. The second-order valence-corrected chi connectivity index (χ2v) is 10.6. The highest BCUT2D eigenvalue weighted by Crippen LogP contribution is 2.45. The Kier molecular flexibility index (Phi) is 6.28. The zero-order chi connectivity index (χ0) is 28.8. The van der Waals surface area contributed by atoms with Crippen molar-refractivity contribution >= 4 is 66.5 Å². The number of rotatable bonds is 9. The van der Waals surface area contributed by atoms with Gasteiger partial charge in [0.2, 0.25) is 11.5 Å². The molecule has 8 nitrogen and oxygen atoms in total. The molecule has 42 heavy (non-hydrogen) atoms. The number of H-pyrrole nitrogens is 1. The number of benzene rings is 4. The van der Waals surface area contributed by atoms with E-state index in [1.807, 2.05) is 24.3 Å². The Labute approximate surface area is 240 Å². The number of unbranched alkanes of at least 4 members (excludes halogenated alkanes) is 1. The van der Waals surface area contributed by atoms with Gasteiger partial charge in [-0.1, -0.05) is 31.5 Å². The molecule has 0 aliphatic carbocycles. The van der Waals surface area contributed by atoms with Crippen molar-refractivity contribution in [3.8, 4) is 17.5 Å². The van der Waals surface area contributed by atoms with Gasteiger partial charge in [-0.25, -0.2) is 4.98 Å². The number of fused-ring (bicyclic) bond motifs is 10. The van der Waals surface area contributed by atoms with Gasteiger partial charge in [0.25, 0.3) is 0 Å². The summed E-state index contributed by atoms with van der Waals surface area (Å²) in [5.41, 5.74) is 6.84. The molecule has 2 N–H and O–H groups in total. The second kappa shape index (κ2) is 10.3. The number of carbonyl (C=O) groups is 1. The van der Waals surface area contributed by atoms with E-state index in [1.165, 1.54) is 0 Å². The summed E-state index contributed by atoms with van der Waals surface area (Å²) in [7, 11) is 0. The molecule has 0 saturated heterocycles. The van der Waals surface area contributed by atoms with Crippen molar-refractivity contribution in [2.45, 2.75) is 32.6 Å². The van der Waals surface area contributed by atoms with E-state index in [9.17, 15) is 10.1 Å². The number of furan rings is 1. The van der Waals surface area contributed by atoms with Crippen molar-refractivity contribution in [3.05, 3.63) is 72.3 Å². The maximum absolute atomic E-state index is 11.1. The van der Waals surface area contributed by atoms with Gasteiger partial charge in [-0.05, 0) is 55.3 Å². The van der Waals surface area contributed by atoms with Crippen LogP contribution in [0, 0.1) is 11.3 Å². The molecule has 0 aliphatic rings. The third kappa shape index (κ3) is 4.22. The van der Waals surface area contributed by atoms with Gasteiger partial charge in [0.1, 0.15) is 11.1 Å². The molecule has 0 unspecified atom stereocenters. The average molecular weight is 557 g/mol. The standard InChI is InChI=1S/C34H28N4O4/c1-2-3-16-38(17-6-9-27(39)40)22-14-15-24-26(18-22)41-32-29(24)28-23-7-4-5-8-25(23)36-30(28)31-33(32)42-34(37-31)21-12-10-20(19-35)11-13-21/h4-5,7-8,10-15,18,36H,2-3,6,9,16-17H2,1H3,(H,39,40). The van der Waals surface area contributed by atoms with Crippen LogP contribution in [0.4, 0.5) is 5.69 Å². The minimum absolute atomic E-state index is 0.138. The lowest BCUT2D eigenvalue weighted by Crippen LogP contribution is -2.26. The molecule has 0 saturated carbocycles. The number of anilines is 1. The SMILES string of the molecule is CCCCN(CCCC(=O)O)c1ccc2c(c1)oc1c3oc(-c4ccc(C#N)cc4)nc3c3[nH]c4ccccc4c3c21. The smallest absolute Gasteiger partial charge is 0.303 e. The number of nitrogens with one attached hydrogen (secondary N) is 1. The first kappa shape index (κ1) is 25.7. The molecule has 3 heterocycles. The van der Waals surface area contributed by atoms with Crippen molar-refractivity contribution in [2.75, 3.05) is 18.0 Å². The normalized spacial score (nSPS) is 11.7. The van der Waals surface area contributed by atoms with Gasteiger partial charge in [0.05, 0.1) is 17.1 Å². The molecular weight excluding hydrogens is 528 g/mol. The van der Waals surface area contributed by atoms with Gasteiger partial charge in [0.15, 0.2) is 5.58 Å². The summed E-state index contributed by atoms with van der Waals surface area (Å²) in [6, 6.07) is 23.8. The van der Waals surface area contributed by atoms with E-state index < -0.39 is 5.97 Å². The van der Waals surface area contributed by atoms with Gasteiger partial charge in [-0.3, -0.25) is 4.79 Å². The largest absolute Gasteiger partial charge is 0.481 e. The Hall–Kier alpha value is -5.29.